The molecule has 118 valence electrons. The van der Waals surface area contributed by atoms with Crippen LogP contribution in [0.2, 0.25) is 0 Å². The Morgan fingerprint density at radius 3 is 2.73 bits per heavy atom. The van der Waals surface area contributed by atoms with Crippen LogP contribution in [-0.4, -0.2) is 21.9 Å². The molecule has 5 nitrogen and oxygen atoms in total. The highest BCUT2D eigenvalue weighted by Gasteiger charge is 2.22. The minimum atomic E-state index is -2.58. The first-order chi connectivity index (χ1) is 10.6. The number of rotatable bonds is 6. The fraction of sp³-hybridized carbons (Fsp3) is 0.357. The molecule has 0 bridgehead atoms. The average molecular weight is 327 g/mol. The Hall–Kier alpha value is -1.96. The summed E-state index contributed by atoms with van der Waals surface area (Å²) in [7, 11) is 0. The van der Waals surface area contributed by atoms with Gasteiger partial charge in [0, 0.05) is 16.0 Å². The van der Waals surface area contributed by atoms with Gasteiger partial charge in [0.15, 0.2) is 0 Å². The summed E-state index contributed by atoms with van der Waals surface area (Å²) in [6, 6.07) is 2.67. The molecule has 0 spiro atoms. The number of benzene rings is 1. The maximum absolute atomic E-state index is 13.2. The lowest BCUT2D eigenvalue weighted by molar-refractivity contribution is 0.102. The van der Waals surface area contributed by atoms with Crippen LogP contribution in [0.4, 0.5) is 14.8 Å². The van der Waals surface area contributed by atoms with E-state index in [1.807, 2.05) is 13.8 Å². The number of nitrogens with zero attached hydrogens (tertiary/aromatic N) is 2. The van der Waals surface area contributed by atoms with Crippen molar-refractivity contribution < 1.29 is 18.0 Å². The molecule has 22 heavy (non-hydrogen) atoms. The van der Waals surface area contributed by atoms with Gasteiger partial charge in [0.2, 0.25) is 6.39 Å². The number of hydrogen-bond donors (Lipinski definition) is 1. The monoisotopic (exact) mass is 327 g/mol. The fourth-order valence-electron chi connectivity index (χ4n) is 2.09. The molecule has 1 aromatic carbocycles. The Morgan fingerprint density at radius 1 is 1.41 bits per heavy atom. The third-order valence-electron chi connectivity index (χ3n) is 2.99. The first kappa shape index (κ1) is 16.4. The summed E-state index contributed by atoms with van der Waals surface area (Å²) in [6.45, 7) is 3.71. The van der Waals surface area contributed by atoms with Crippen LogP contribution in [0.25, 0.3) is 0 Å². The van der Waals surface area contributed by atoms with Crippen LogP contribution in [0.1, 0.15) is 41.8 Å². The third-order valence-corrected chi connectivity index (χ3v) is 4.05. The molecule has 1 aromatic heterocycles. The quantitative estimate of drug-likeness (QED) is 0.814. The van der Waals surface area contributed by atoms with Crippen molar-refractivity contribution in [3.63, 3.8) is 0 Å². The molecule has 0 aliphatic heterocycles. The summed E-state index contributed by atoms with van der Waals surface area (Å²) in [4.78, 5) is 12.8. The van der Waals surface area contributed by atoms with E-state index < -0.39 is 12.3 Å². The van der Waals surface area contributed by atoms with Gasteiger partial charge in [0.05, 0.1) is 0 Å². The predicted molar refractivity (Wildman–Crippen MR) is 79.4 cm³/mol. The minimum Gasteiger partial charge on any atom is -0.411 e. The number of nitrogens with one attached hydrogen (secondary N) is 1. The molecular formula is C14H15F2N3O2S. The van der Waals surface area contributed by atoms with Gasteiger partial charge in [-0.1, -0.05) is 25.0 Å². The second-order valence-electron chi connectivity index (χ2n) is 4.30. The number of amides is 1. The Labute approximate surface area is 130 Å². The Bertz CT molecular complexity index is 648. The van der Waals surface area contributed by atoms with Gasteiger partial charge >= 0.3 is 6.01 Å². The van der Waals surface area contributed by atoms with Crippen LogP contribution in [0, 0.1) is 0 Å². The van der Waals surface area contributed by atoms with Crippen LogP contribution in [0.3, 0.4) is 0 Å². The molecule has 0 saturated heterocycles. The zero-order valence-electron chi connectivity index (χ0n) is 12.1. The highest BCUT2D eigenvalue weighted by atomic mass is 32.2. The van der Waals surface area contributed by atoms with E-state index in [9.17, 15) is 13.6 Å². The first-order valence-corrected chi connectivity index (χ1v) is 7.71. The van der Waals surface area contributed by atoms with Gasteiger partial charge in [0.1, 0.15) is 0 Å². The summed E-state index contributed by atoms with van der Waals surface area (Å²) < 4.78 is 31.2. The van der Waals surface area contributed by atoms with Gasteiger partial charge in [-0.3, -0.25) is 10.1 Å². The zero-order valence-corrected chi connectivity index (χ0v) is 12.9. The molecule has 0 fully saturated rings. The van der Waals surface area contributed by atoms with Crippen LogP contribution < -0.4 is 5.32 Å². The number of alkyl halides is 2. The van der Waals surface area contributed by atoms with E-state index in [0.717, 1.165) is 6.39 Å². The van der Waals surface area contributed by atoms with Gasteiger partial charge in [-0.2, -0.15) is 0 Å². The number of halogens is 2. The SMILES string of the molecule is CCSc1c(C(F)F)ccc(C(=O)Nc2nnco2)c1CC. The van der Waals surface area contributed by atoms with Crippen molar-refractivity contribution in [1.29, 1.82) is 0 Å². The van der Waals surface area contributed by atoms with Crippen molar-refractivity contribution in [2.24, 2.45) is 0 Å². The molecular weight excluding hydrogens is 312 g/mol. The smallest absolute Gasteiger partial charge is 0.322 e. The van der Waals surface area contributed by atoms with Crippen molar-refractivity contribution in [2.45, 2.75) is 31.6 Å². The molecule has 0 aliphatic rings. The largest absolute Gasteiger partial charge is 0.411 e. The molecule has 1 N–H and O–H groups in total. The Kier molecular flexibility index (Phi) is 5.48. The standard InChI is InChI=1S/C14H15F2N3O2S/c1-3-8-9(13(20)18-14-19-17-7-21-14)5-6-10(12(15)16)11(8)22-4-2/h5-7,12H,3-4H2,1-2H3,(H,18,19,20). The number of carbonyl (C=O) groups excluding carboxylic acids is 1. The van der Waals surface area contributed by atoms with E-state index in [0.29, 0.717) is 28.2 Å². The third kappa shape index (κ3) is 3.44. The second kappa shape index (κ2) is 7.35. The van der Waals surface area contributed by atoms with Crippen molar-refractivity contribution >= 4 is 23.7 Å². The molecule has 2 rings (SSSR count). The summed E-state index contributed by atoms with van der Waals surface area (Å²) in [5.41, 5.74) is 0.890. The van der Waals surface area contributed by atoms with Crippen molar-refractivity contribution in [3.05, 3.63) is 35.2 Å². The molecule has 0 radical (unpaired) electrons. The lowest BCUT2D eigenvalue weighted by Crippen LogP contribution is -2.15. The topological polar surface area (TPSA) is 68.0 Å². The number of carbonyl (C=O) groups is 1. The van der Waals surface area contributed by atoms with E-state index in [1.54, 1.807) is 0 Å². The van der Waals surface area contributed by atoms with Gasteiger partial charge < -0.3 is 4.42 Å². The average Bonchev–Trinajstić information content (AvgIpc) is 2.99. The normalized spacial score (nSPS) is 11.0. The lowest BCUT2D eigenvalue weighted by Gasteiger charge is -2.16. The first-order valence-electron chi connectivity index (χ1n) is 6.72. The Morgan fingerprint density at radius 2 is 2.18 bits per heavy atom. The second-order valence-corrected chi connectivity index (χ2v) is 5.57. The molecule has 2 aromatic rings. The number of anilines is 1. The predicted octanol–water partition coefficient (Wildman–Crippen LogP) is 3.93. The maximum atomic E-state index is 13.2. The minimum absolute atomic E-state index is 0.0327. The summed E-state index contributed by atoms with van der Waals surface area (Å²) in [6.07, 6.45) is -1.02. The summed E-state index contributed by atoms with van der Waals surface area (Å²) in [5, 5.41) is 9.48. The van der Waals surface area contributed by atoms with Crippen molar-refractivity contribution in [1.82, 2.24) is 10.2 Å². The van der Waals surface area contributed by atoms with E-state index in [2.05, 4.69) is 15.5 Å². The molecule has 0 unspecified atom stereocenters. The Balaban J connectivity index is 2.42. The van der Waals surface area contributed by atoms with Crippen LogP contribution in [0.15, 0.2) is 27.8 Å². The molecule has 0 saturated carbocycles. The van der Waals surface area contributed by atoms with Crippen molar-refractivity contribution in [2.75, 3.05) is 11.1 Å². The maximum Gasteiger partial charge on any atom is 0.322 e. The molecule has 1 heterocycles. The lowest BCUT2D eigenvalue weighted by atomic mass is 10.0. The van der Waals surface area contributed by atoms with E-state index in [1.165, 1.54) is 23.9 Å². The van der Waals surface area contributed by atoms with Gasteiger partial charge in [-0.25, -0.2) is 8.78 Å². The number of aromatic nitrogens is 2. The van der Waals surface area contributed by atoms with Crippen LogP contribution >= 0.6 is 11.8 Å². The highest BCUT2D eigenvalue weighted by molar-refractivity contribution is 7.99. The molecule has 1 amide bonds. The van der Waals surface area contributed by atoms with Crippen LogP contribution in [0.5, 0.6) is 0 Å². The van der Waals surface area contributed by atoms with Crippen molar-refractivity contribution in [3.8, 4) is 0 Å². The summed E-state index contributed by atoms with van der Waals surface area (Å²) >= 11 is 1.31. The van der Waals surface area contributed by atoms with Gasteiger partial charge in [-0.15, -0.1) is 16.9 Å². The zero-order chi connectivity index (χ0) is 16.1. The molecule has 0 aliphatic carbocycles. The van der Waals surface area contributed by atoms with Gasteiger partial charge in [-0.05, 0) is 23.8 Å². The summed E-state index contributed by atoms with van der Waals surface area (Å²) in [5.74, 6) is 0.182. The van der Waals surface area contributed by atoms with E-state index in [4.69, 9.17) is 4.42 Å². The number of hydrogen-bond acceptors (Lipinski definition) is 5. The molecule has 0 atom stereocenters. The molecule has 8 heteroatoms. The highest BCUT2D eigenvalue weighted by Crippen LogP contribution is 2.35. The number of thioether (sulfide) groups is 1. The van der Waals surface area contributed by atoms with Gasteiger partial charge in [0.25, 0.3) is 12.3 Å². The van der Waals surface area contributed by atoms with Crippen LogP contribution in [-0.2, 0) is 6.42 Å². The van der Waals surface area contributed by atoms with E-state index >= 15 is 0 Å². The fourth-order valence-corrected chi connectivity index (χ4v) is 3.13. The van der Waals surface area contributed by atoms with E-state index in [-0.39, 0.29) is 11.6 Å².